The summed E-state index contributed by atoms with van der Waals surface area (Å²) < 4.78 is 0.933. The predicted octanol–water partition coefficient (Wildman–Crippen LogP) is 3.14. The minimum absolute atomic E-state index is 0.00231. The molecular weight excluding hydrogens is 254 g/mol. The van der Waals surface area contributed by atoms with Crippen LogP contribution in [0.1, 0.15) is 29.8 Å². The molecule has 3 heteroatoms. The van der Waals surface area contributed by atoms with Crippen LogP contribution in [0.15, 0.2) is 22.7 Å². The van der Waals surface area contributed by atoms with Crippen molar-refractivity contribution in [1.29, 1.82) is 0 Å². The lowest BCUT2D eigenvalue weighted by Gasteiger charge is -2.09. The number of carbonyl (C=O) groups is 1. The maximum absolute atomic E-state index is 11.8. The van der Waals surface area contributed by atoms with E-state index in [-0.39, 0.29) is 5.91 Å². The number of aryl methyl sites for hydroxylation is 1. The molecule has 0 aliphatic carbocycles. The molecule has 1 aromatic carbocycles. The molecule has 1 aromatic rings. The fraction of sp³-hybridized carbons (Fsp3) is 0.417. The van der Waals surface area contributed by atoms with Gasteiger partial charge >= 0.3 is 0 Å². The van der Waals surface area contributed by atoms with Crippen molar-refractivity contribution in [3.8, 4) is 0 Å². The van der Waals surface area contributed by atoms with E-state index in [0.29, 0.717) is 12.5 Å². The summed E-state index contributed by atoms with van der Waals surface area (Å²) in [7, 11) is 0. The average Bonchev–Trinajstić information content (AvgIpc) is 2.18. The van der Waals surface area contributed by atoms with Crippen molar-refractivity contribution < 1.29 is 4.79 Å². The van der Waals surface area contributed by atoms with Crippen LogP contribution in [0, 0.1) is 12.8 Å². The molecule has 15 heavy (non-hydrogen) atoms. The molecule has 82 valence electrons. The topological polar surface area (TPSA) is 29.1 Å². The van der Waals surface area contributed by atoms with E-state index in [1.807, 2.05) is 25.1 Å². The first-order valence-corrected chi connectivity index (χ1v) is 5.84. The molecule has 0 heterocycles. The van der Waals surface area contributed by atoms with Crippen LogP contribution >= 0.6 is 15.9 Å². The lowest BCUT2D eigenvalue weighted by molar-refractivity contribution is 0.0948. The highest BCUT2D eigenvalue weighted by Crippen LogP contribution is 2.15. The molecule has 1 rings (SSSR count). The molecule has 0 saturated carbocycles. The van der Waals surface area contributed by atoms with Crippen molar-refractivity contribution >= 4 is 21.8 Å². The van der Waals surface area contributed by atoms with Gasteiger partial charge in [-0.2, -0.15) is 0 Å². The first-order chi connectivity index (χ1) is 7.00. The number of halogens is 1. The third-order valence-electron chi connectivity index (χ3n) is 2.12. The second kappa shape index (κ2) is 5.31. The van der Waals surface area contributed by atoms with E-state index in [9.17, 15) is 4.79 Å². The molecule has 0 saturated heterocycles. The minimum atomic E-state index is 0.00231. The second-order valence-electron chi connectivity index (χ2n) is 4.06. The van der Waals surface area contributed by atoms with Gasteiger partial charge in [0.25, 0.3) is 5.91 Å². The van der Waals surface area contributed by atoms with Gasteiger partial charge in [0, 0.05) is 16.6 Å². The first-order valence-electron chi connectivity index (χ1n) is 5.05. The summed E-state index contributed by atoms with van der Waals surface area (Å²) in [5.41, 5.74) is 1.74. The van der Waals surface area contributed by atoms with E-state index in [1.54, 1.807) is 0 Å². The number of nitrogens with one attached hydrogen (secondary N) is 1. The van der Waals surface area contributed by atoms with Gasteiger partial charge in [-0.3, -0.25) is 4.79 Å². The largest absolute Gasteiger partial charge is 0.352 e. The van der Waals surface area contributed by atoms with Crippen molar-refractivity contribution in [2.45, 2.75) is 20.8 Å². The standard InChI is InChI=1S/C12H16BrNO/c1-8(2)7-14-12(15)11-6-10(13)5-4-9(11)3/h4-6,8H,7H2,1-3H3,(H,14,15). The Morgan fingerprint density at radius 2 is 2.13 bits per heavy atom. The molecule has 0 bridgehead atoms. The maximum atomic E-state index is 11.8. The van der Waals surface area contributed by atoms with E-state index >= 15 is 0 Å². The van der Waals surface area contributed by atoms with Crippen LogP contribution in [-0.2, 0) is 0 Å². The number of rotatable bonds is 3. The SMILES string of the molecule is Cc1ccc(Br)cc1C(=O)NCC(C)C. The summed E-state index contributed by atoms with van der Waals surface area (Å²) in [5, 5.41) is 2.91. The normalized spacial score (nSPS) is 10.5. The highest BCUT2D eigenvalue weighted by atomic mass is 79.9. The van der Waals surface area contributed by atoms with E-state index in [2.05, 4.69) is 35.1 Å². The van der Waals surface area contributed by atoms with Crippen LogP contribution in [-0.4, -0.2) is 12.5 Å². The third-order valence-corrected chi connectivity index (χ3v) is 2.61. The van der Waals surface area contributed by atoms with Crippen LogP contribution in [0.5, 0.6) is 0 Å². The fourth-order valence-corrected chi connectivity index (χ4v) is 1.59. The zero-order valence-corrected chi connectivity index (χ0v) is 10.9. The van der Waals surface area contributed by atoms with Gasteiger partial charge in [0.2, 0.25) is 0 Å². The van der Waals surface area contributed by atoms with Gasteiger partial charge in [0.15, 0.2) is 0 Å². The van der Waals surface area contributed by atoms with Crippen molar-refractivity contribution in [2.75, 3.05) is 6.54 Å². The van der Waals surface area contributed by atoms with Crippen LogP contribution in [0.25, 0.3) is 0 Å². The molecule has 0 aromatic heterocycles. The summed E-state index contributed by atoms with van der Waals surface area (Å²) >= 11 is 3.36. The number of carbonyl (C=O) groups excluding carboxylic acids is 1. The Hall–Kier alpha value is -0.830. The smallest absolute Gasteiger partial charge is 0.251 e. The van der Waals surface area contributed by atoms with Gasteiger partial charge in [-0.05, 0) is 30.5 Å². The van der Waals surface area contributed by atoms with Crippen LogP contribution in [0.3, 0.4) is 0 Å². The Kier molecular flexibility index (Phi) is 4.33. The Morgan fingerprint density at radius 3 is 2.73 bits per heavy atom. The molecule has 0 aliphatic heterocycles. The van der Waals surface area contributed by atoms with Gasteiger partial charge in [0.05, 0.1) is 0 Å². The molecule has 0 spiro atoms. The lowest BCUT2D eigenvalue weighted by Crippen LogP contribution is -2.27. The summed E-state index contributed by atoms with van der Waals surface area (Å²) in [5.74, 6) is 0.476. The molecule has 1 amide bonds. The van der Waals surface area contributed by atoms with E-state index in [4.69, 9.17) is 0 Å². The molecular formula is C12H16BrNO. The zero-order chi connectivity index (χ0) is 11.4. The summed E-state index contributed by atoms with van der Waals surface area (Å²) in [4.78, 5) is 11.8. The Balaban J connectivity index is 2.77. The summed E-state index contributed by atoms with van der Waals surface area (Å²) in [6.07, 6.45) is 0. The van der Waals surface area contributed by atoms with Gasteiger partial charge in [-0.25, -0.2) is 0 Å². The number of hydrogen-bond acceptors (Lipinski definition) is 1. The monoisotopic (exact) mass is 269 g/mol. The van der Waals surface area contributed by atoms with Gasteiger partial charge in [-0.1, -0.05) is 35.8 Å². The van der Waals surface area contributed by atoms with E-state index < -0.39 is 0 Å². The van der Waals surface area contributed by atoms with Gasteiger partial charge in [-0.15, -0.1) is 0 Å². The Bertz CT molecular complexity index is 361. The molecule has 0 aliphatic rings. The number of benzene rings is 1. The lowest BCUT2D eigenvalue weighted by atomic mass is 10.1. The molecule has 2 nitrogen and oxygen atoms in total. The minimum Gasteiger partial charge on any atom is -0.352 e. The quantitative estimate of drug-likeness (QED) is 0.898. The van der Waals surface area contributed by atoms with E-state index in [1.165, 1.54) is 0 Å². The van der Waals surface area contributed by atoms with Gasteiger partial charge < -0.3 is 5.32 Å². The Labute approximate surface area is 99.2 Å². The summed E-state index contributed by atoms with van der Waals surface area (Å²) in [6.45, 7) is 6.81. The predicted molar refractivity (Wildman–Crippen MR) is 66.1 cm³/mol. The summed E-state index contributed by atoms with van der Waals surface area (Å²) in [6, 6.07) is 5.73. The fourth-order valence-electron chi connectivity index (χ4n) is 1.23. The molecule has 0 unspecified atom stereocenters. The Morgan fingerprint density at radius 1 is 1.47 bits per heavy atom. The molecule has 0 fully saturated rings. The van der Waals surface area contributed by atoms with Crippen molar-refractivity contribution in [1.82, 2.24) is 5.32 Å². The average molecular weight is 270 g/mol. The third kappa shape index (κ3) is 3.67. The van der Waals surface area contributed by atoms with Crippen LogP contribution < -0.4 is 5.32 Å². The number of hydrogen-bond donors (Lipinski definition) is 1. The number of amides is 1. The highest BCUT2D eigenvalue weighted by Gasteiger charge is 2.09. The van der Waals surface area contributed by atoms with Crippen molar-refractivity contribution in [3.05, 3.63) is 33.8 Å². The van der Waals surface area contributed by atoms with Crippen molar-refractivity contribution in [2.24, 2.45) is 5.92 Å². The molecule has 0 radical (unpaired) electrons. The second-order valence-corrected chi connectivity index (χ2v) is 4.98. The molecule has 1 N–H and O–H groups in total. The van der Waals surface area contributed by atoms with Crippen LogP contribution in [0.2, 0.25) is 0 Å². The highest BCUT2D eigenvalue weighted by molar-refractivity contribution is 9.10. The van der Waals surface area contributed by atoms with Crippen molar-refractivity contribution in [3.63, 3.8) is 0 Å². The van der Waals surface area contributed by atoms with E-state index in [0.717, 1.165) is 15.6 Å². The van der Waals surface area contributed by atoms with Crippen LogP contribution in [0.4, 0.5) is 0 Å². The molecule has 0 atom stereocenters. The first kappa shape index (κ1) is 12.2. The maximum Gasteiger partial charge on any atom is 0.251 e. The van der Waals surface area contributed by atoms with Gasteiger partial charge in [0.1, 0.15) is 0 Å². The zero-order valence-electron chi connectivity index (χ0n) is 9.30.